The van der Waals surface area contributed by atoms with Crippen molar-refractivity contribution >= 4 is 43.2 Å². The number of nitrogens with two attached hydrogens (primary N) is 1. The summed E-state index contributed by atoms with van der Waals surface area (Å²) in [6.07, 6.45) is 1.52. The smallest absolute Gasteiger partial charge is 0.271 e. The highest BCUT2D eigenvalue weighted by molar-refractivity contribution is 9.10. The number of thiophene rings is 1. The highest BCUT2D eigenvalue weighted by atomic mass is 79.9. The highest BCUT2D eigenvalue weighted by Crippen LogP contribution is 2.26. The molecule has 21 heavy (non-hydrogen) atoms. The standard InChI is InChI=1S/C12H12BrN3O3S2/c1-7(9-4-5-10(20-9)21(14,18)19)16-12(17)11-8(13)3-2-6-15-11/h2-7H,1H3,(H,16,17)(H2,14,18,19). The molecule has 1 atom stereocenters. The van der Waals surface area contributed by atoms with Crippen LogP contribution >= 0.6 is 27.3 Å². The van der Waals surface area contributed by atoms with Gasteiger partial charge in [0.05, 0.1) is 6.04 Å². The Kier molecular flexibility index (Phi) is 4.77. The third-order valence-corrected chi connectivity index (χ3v) is 5.98. The predicted octanol–water partition coefficient (Wildman–Crippen LogP) is 2.04. The van der Waals surface area contributed by atoms with Crippen LogP contribution in [0.5, 0.6) is 0 Å². The minimum Gasteiger partial charge on any atom is -0.343 e. The van der Waals surface area contributed by atoms with Gasteiger partial charge in [0.15, 0.2) is 0 Å². The number of amides is 1. The van der Waals surface area contributed by atoms with E-state index >= 15 is 0 Å². The van der Waals surface area contributed by atoms with Crippen molar-refractivity contribution in [2.45, 2.75) is 17.2 Å². The molecule has 112 valence electrons. The second kappa shape index (κ2) is 6.22. The van der Waals surface area contributed by atoms with E-state index < -0.39 is 10.0 Å². The normalized spacial score (nSPS) is 12.9. The second-order valence-electron chi connectivity index (χ2n) is 4.23. The monoisotopic (exact) mass is 389 g/mol. The number of nitrogens with zero attached hydrogens (tertiary/aromatic N) is 1. The molecule has 2 rings (SSSR count). The summed E-state index contributed by atoms with van der Waals surface area (Å²) in [6.45, 7) is 1.76. The summed E-state index contributed by atoms with van der Waals surface area (Å²) in [5.41, 5.74) is 0.271. The van der Waals surface area contributed by atoms with Crippen molar-refractivity contribution in [1.29, 1.82) is 0 Å². The number of aromatic nitrogens is 1. The van der Waals surface area contributed by atoms with Crippen molar-refractivity contribution in [2.24, 2.45) is 5.14 Å². The number of pyridine rings is 1. The third kappa shape index (κ3) is 3.88. The van der Waals surface area contributed by atoms with E-state index in [0.29, 0.717) is 9.35 Å². The van der Waals surface area contributed by atoms with Crippen molar-refractivity contribution in [3.05, 3.63) is 45.5 Å². The van der Waals surface area contributed by atoms with Crippen LogP contribution in [-0.4, -0.2) is 19.3 Å². The van der Waals surface area contributed by atoms with Crippen LogP contribution in [-0.2, 0) is 10.0 Å². The van der Waals surface area contributed by atoms with Crippen LogP contribution in [0.3, 0.4) is 0 Å². The van der Waals surface area contributed by atoms with Gasteiger partial charge in [0, 0.05) is 15.5 Å². The van der Waals surface area contributed by atoms with Crippen LogP contribution in [0.15, 0.2) is 39.1 Å². The Morgan fingerprint density at radius 1 is 1.43 bits per heavy atom. The molecular formula is C12H12BrN3O3S2. The van der Waals surface area contributed by atoms with Crippen LogP contribution in [0.1, 0.15) is 28.3 Å². The van der Waals surface area contributed by atoms with Gasteiger partial charge in [-0.15, -0.1) is 11.3 Å². The molecule has 1 unspecified atom stereocenters. The summed E-state index contributed by atoms with van der Waals surface area (Å²) in [7, 11) is -3.72. The zero-order chi connectivity index (χ0) is 15.6. The van der Waals surface area contributed by atoms with Gasteiger partial charge in [0.2, 0.25) is 10.0 Å². The van der Waals surface area contributed by atoms with Gasteiger partial charge < -0.3 is 5.32 Å². The van der Waals surface area contributed by atoms with Crippen LogP contribution in [0.2, 0.25) is 0 Å². The first-order valence-corrected chi connectivity index (χ1v) is 8.98. The molecule has 2 aromatic heterocycles. The molecule has 0 aliphatic rings. The fourth-order valence-corrected chi connectivity index (χ4v) is 3.80. The Balaban J connectivity index is 2.15. The van der Waals surface area contributed by atoms with Crippen molar-refractivity contribution < 1.29 is 13.2 Å². The summed E-state index contributed by atoms with van der Waals surface area (Å²) in [4.78, 5) is 16.8. The number of primary sulfonamides is 1. The number of sulfonamides is 1. The van der Waals surface area contributed by atoms with Gasteiger partial charge in [0.1, 0.15) is 9.90 Å². The molecular weight excluding hydrogens is 378 g/mol. The van der Waals surface area contributed by atoms with Crippen LogP contribution in [0.4, 0.5) is 0 Å². The summed E-state index contributed by atoms with van der Waals surface area (Å²) in [5.74, 6) is -0.347. The van der Waals surface area contributed by atoms with Crippen molar-refractivity contribution in [2.75, 3.05) is 0 Å². The molecule has 0 fully saturated rings. The Morgan fingerprint density at radius 2 is 2.14 bits per heavy atom. The average Bonchev–Trinajstić information content (AvgIpc) is 2.88. The zero-order valence-corrected chi connectivity index (χ0v) is 14.1. The molecule has 0 saturated carbocycles. The highest BCUT2D eigenvalue weighted by Gasteiger charge is 2.18. The molecule has 0 radical (unpaired) electrons. The van der Waals surface area contributed by atoms with Crippen molar-refractivity contribution in [1.82, 2.24) is 10.3 Å². The molecule has 2 heterocycles. The molecule has 0 spiro atoms. The van der Waals surface area contributed by atoms with E-state index in [1.54, 1.807) is 25.1 Å². The Morgan fingerprint density at radius 3 is 2.71 bits per heavy atom. The van der Waals surface area contributed by atoms with E-state index in [2.05, 4.69) is 26.2 Å². The van der Waals surface area contributed by atoms with Gasteiger partial charge in [-0.3, -0.25) is 4.79 Å². The lowest BCUT2D eigenvalue weighted by molar-refractivity contribution is 0.0934. The summed E-state index contributed by atoms with van der Waals surface area (Å²) < 4.78 is 23.1. The maximum absolute atomic E-state index is 12.1. The minimum absolute atomic E-state index is 0.0672. The minimum atomic E-state index is -3.72. The maximum atomic E-state index is 12.1. The molecule has 6 nitrogen and oxygen atoms in total. The summed E-state index contributed by atoms with van der Waals surface area (Å²) in [6, 6.07) is 6.13. The van der Waals surface area contributed by atoms with E-state index in [4.69, 9.17) is 5.14 Å². The predicted molar refractivity (Wildman–Crippen MR) is 83.5 cm³/mol. The lowest BCUT2D eigenvalue weighted by atomic mass is 10.2. The second-order valence-corrected chi connectivity index (χ2v) is 7.99. The lowest BCUT2D eigenvalue weighted by Gasteiger charge is -2.12. The molecule has 0 aromatic carbocycles. The van der Waals surface area contributed by atoms with E-state index in [1.165, 1.54) is 12.3 Å². The number of hydrogen-bond donors (Lipinski definition) is 2. The fraction of sp³-hybridized carbons (Fsp3) is 0.167. The molecule has 0 bridgehead atoms. The molecule has 9 heteroatoms. The Bertz CT molecular complexity index is 774. The Hall–Kier alpha value is -1.29. The van der Waals surface area contributed by atoms with Crippen molar-refractivity contribution in [3.8, 4) is 0 Å². The summed E-state index contributed by atoms with van der Waals surface area (Å²) >= 11 is 4.29. The SMILES string of the molecule is CC(NC(=O)c1ncccc1Br)c1ccc(S(N)(=O)=O)s1. The first-order valence-electron chi connectivity index (χ1n) is 5.83. The van der Waals surface area contributed by atoms with Crippen LogP contribution < -0.4 is 10.5 Å². The number of halogens is 1. The maximum Gasteiger partial charge on any atom is 0.271 e. The quantitative estimate of drug-likeness (QED) is 0.834. The van der Waals surface area contributed by atoms with Gasteiger partial charge in [0.25, 0.3) is 5.91 Å². The first kappa shape index (κ1) is 16.1. The van der Waals surface area contributed by atoms with E-state index in [-0.39, 0.29) is 21.9 Å². The van der Waals surface area contributed by atoms with Gasteiger partial charge in [-0.05, 0) is 47.1 Å². The van der Waals surface area contributed by atoms with Gasteiger partial charge >= 0.3 is 0 Å². The number of nitrogens with one attached hydrogen (secondary N) is 1. The average molecular weight is 390 g/mol. The van der Waals surface area contributed by atoms with Crippen LogP contribution in [0, 0.1) is 0 Å². The largest absolute Gasteiger partial charge is 0.343 e. The molecule has 0 aliphatic carbocycles. The Labute approximate surface area is 134 Å². The molecule has 3 N–H and O–H groups in total. The first-order chi connectivity index (χ1) is 9.79. The topological polar surface area (TPSA) is 102 Å². The van der Waals surface area contributed by atoms with E-state index in [0.717, 1.165) is 11.3 Å². The number of carbonyl (C=O) groups is 1. The summed E-state index contributed by atoms with van der Waals surface area (Å²) in [5, 5.41) is 7.82. The molecule has 0 saturated heterocycles. The van der Waals surface area contributed by atoms with E-state index in [9.17, 15) is 13.2 Å². The van der Waals surface area contributed by atoms with Gasteiger partial charge in [-0.25, -0.2) is 18.5 Å². The molecule has 1 amide bonds. The van der Waals surface area contributed by atoms with Gasteiger partial charge in [-0.1, -0.05) is 0 Å². The van der Waals surface area contributed by atoms with Crippen LogP contribution in [0.25, 0.3) is 0 Å². The third-order valence-electron chi connectivity index (χ3n) is 2.63. The lowest BCUT2D eigenvalue weighted by Crippen LogP contribution is -2.27. The number of carbonyl (C=O) groups excluding carboxylic acids is 1. The van der Waals surface area contributed by atoms with E-state index in [1.807, 2.05) is 0 Å². The molecule has 0 aliphatic heterocycles. The van der Waals surface area contributed by atoms with Crippen molar-refractivity contribution in [3.63, 3.8) is 0 Å². The molecule has 2 aromatic rings. The number of hydrogen-bond acceptors (Lipinski definition) is 5. The fourth-order valence-electron chi connectivity index (χ4n) is 1.61. The number of rotatable bonds is 4. The zero-order valence-electron chi connectivity index (χ0n) is 10.9. The van der Waals surface area contributed by atoms with Gasteiger partial charge in [-0.2, -0.15) is 0 Å².